The van der Waals surface area contributed by atoms with Crippen LogP contribution in [0.4, 0.5) is 0 Å². The van der Waals surface area contributed by atoms with Crippen molar-refractivity contribution >= 4 is 5.78 Å². The molecule has 0 aromatic rings. The van der Waals surface area contributed by atoms with E-state index in [1.807, 2.05) is 0 Å². The van der Waals surface area contributed by atoms with Crippen LogP contribution in [0, 0.1) is 28.1 Å². The molecule has 1 spiro atoms. The van der Waals surface area contributed by atoms with E-state index in [0.29, 0.717) is 22.5 Å². The molecule has 0 unspecified atom stereocenters. The maximum Gasteiger partial charge on any atom is 0.137 e. The molecule has 0 heterocycles. The SMILES string of the molecule is CC1(C)[C@@H]2CC[C@]3(C2)[C@@H]1C(=O)CCC3(C)C. The zero-order chi connectivity index (χ0) is 11.8. The minimum atomic E-state index is 0.271. The van der Waals surface area contributed by atoms with Crippen LogP contribution in [0.25, 0.3) is 0 Å². The highest BCUT2D eigenvalue weighted by Crippen LogP contribution is 2.74. The van der Waals surface area contributed by atoms with E-state index in [4.69, 9.17) is 0 Å². The van der Waals surface area contributed by atoms with E-state index in [9.17, 15) is 4.79 Å². The Morgan fingerprint density at radius 3 is 2.44 bits per heavy atom. The molecule has 16 heavy (non-hydrogen) atoms. The van der Waals surface area contributed by atoms with Crippen molar-refractivity contribution in [1.82, 2.24) is 0 Å². The Hall–Kier alpha value is -0.330. The average molecular weight is 220 g/mol. The van der Waals surface area contributed by atoms with Gasteiger partial charge in [-0.2, -0.15) is 0 Å². The van der Waals surface area contributed by atoms with Gasteiger partial charge in [-0.05, 0) is 47.8 Å². The van der Waals surface area contributed by atoms with Crippen molar-refractivity contribution < 1.29 is 4.79 Å². The highest BCUT2D eigenvalue weighted by Gasteiger charge is 2.69. The number of hydrogen-bond donors (Lipinski definition) is 0. The molecule has 1 heteroatoms. The number of carbonyl (C=O) groups excluding carboxylic acids is 1. The van der Waals surface area contributed by atoms with Gasteiger partial charge in [0.05, 0.1) is 0 Å². The lowest BCUT2D eigenvalue weighted by atomic mass is 9.49. The molecule has 0 amide bonds. The minimum absolute atomic E-state index is 0.271. The predicted molar refractivity (Wildman–Crippen MR) is 65.1 cm³/mol. The molecule has 0 aromatic heterocycles. The maximum absolute atomic E-state index is 12.4. The topological polar surface area (TPSA) is 17.1 Å². The second-order valence-corrected chi connectivity index (χ2v) is 7.70. The fraction of sp³-hybridized carbons (Fsp3) is 0.933. The summed E-state index contributed by atoms with van der Waals surface area (Å²) in [4.78, 5) is 12.4. The molecule has 3 rings (SSSR count). The van der Waals surface area contributed by atoms with Gasteiger partial charge in [0.1, 0.15) is 5.78 Å². The Morgan fingerprint density at radius 1 is 1.12 bits per heavy atom. The van der Waals surface area contributed by atoms with Crippen molar-refractivity contribution in [2.45, 2.75) is 59.8 Å². The number of Topliss-reactive ketones (excluding diaryl/α,β-unsaturated/α-hetero) is 1. The molecular weight excluding hydrogens is 196 g/mol. The van der Waals surface area contributed by atoms with Crippen molar-refractivity contribution in [2.75, 3.05) is 0 Å². The average Bonchev–Trinajstić information content (AvgIpc) is 2.67. The standard InChI is InChI=1S/C15H24O/c1-13(2)7-6-11(16)12-14(3,4)10-5-8-15(12,13)9-10/h10,12H,5-9H2,1-4H3/t10-,12-,15+/m1/s1. The molecule has 0 aliphatic heterocycles. The van der Waals surface area contributed by atoms with Crippen molar-refractivity contribution in [3.8, 4) is 0 Å². The zero-order valence-electron chi connectivity index (χ0n) is 11.1. The van der Waals surface area contributed by atoms with Crippen molar-refractivity contribution in [3.05, 3.63) is 0 Å². The van der Waals surface area contributed by atoms with Crippen LogP contribution in [-0.2, 0) is 4.79 Å². The van der Waals surface area contributed by atoms with E-state index < -0.39 is 0 Å². The Balaban J connectivity index is 2.14. The van der Waals surface area contributed by atoms with Crippen molar-refractivity contribution in [2.24, 2.45) is 28.1 Å². The molecule has 0 aromatic carbocycles. The summed E-state index contributed by atoms with van der Waals surface area (Å²) in [5.41, 5.74) is 1.01. The minimum Gasteiger partial charge on any atom is -0.299 e. The fourth-order valence-corrected chi connectivity index (χ4v) is 5.48. The summed E-state index contributed by atoms with van der Waals surface area (Å²) in [5.74, 6) is 1.74. The number of carbonyl (C=O) groups is 1. The summed E-state index contributed by atoms with van der Waals surface area (Å²) < 4.78 is 0. The van der Waals surface area contributed by atoms with Gasteiger partial charge in [0, 0.05) is 12.3 Å². The lowest BCUT2D eigenvalue weighted by molar-refractivity contribution is -0.146. The van der Waals surface area contributed by atoms with Gasteiger partial charge in [-0.25, -0.2) is 0 Å². The number of ketones is 1. The highest BCUT2D eigenvalue weighted by molar-refractivity contribution is 5.84. The van der Waals surface area contributed by atoms with Gasteiger partial charge in [0.15, 0.2) is 0 Å². The second-order valence-electron chi connectivity index (χ2n) is 7.70. The van der Waals surface area contributed by atoms with Crippen LogP contribution in [-0.4, -0.2) is 5.78 Å². The number of rotatable bonds is 0. The molecule has 3 saturated carbocycles. The van der Waals surface area contributed by atoms with Gasteiger partial charge in [-0.1, -0.05) is 27.7 Å². The monoisotopic (exact) mass is 220 g/mol. The number of fused-ring (bicyclic) bond motifs is 1. The molecular formula is C15H24O. The first kappa shape index (κ1) is 10.8. The summed E-state index contributed by atoms with van der Waals surface area (Å²) in [6.45, 7) is 9.53. The first-order chi connectivity index (χ1) is 7.31. The third-order valence-electron chi connectivity index (χ3n) is 6.56. The highest BCUT2D eigenvalue weighted by atomic mass is 16.1. The van der Waals surface area contributed by atoms with Crippen LogP contribution in [0.15, 0.2) is 0 Å². The quantitative estimate of drug-likeness (QED) is 0.606. The maximum atomic E-state index is 12.4. The Bertz CT molecular complexity index is 352. The Morgan fingerprint density at radius 2 is 1.81 bits per heavy atom. The molecule has 1 nitrogen and oxygen atoms in total. The predicted octanol–water partition coefficient (Wildman–Crippen LogP) is 3.82. The van der Waals surface area contributed by atoms with Crippen LogP contribution in [0.2, 0.25) is 0 Å². The third kappa shape index (κ3) is 0.966. The largest absolute Gasteiger partial charge is 0.299 e. The molecule has 0 radical (unpaired) electrons. The van der Waals surface area contributed by atoms with Crippen LogP contribution in [0.1, 0.15) is 59.8 Å². The van der Waals surface area contributed by atoms with Gasteiger partial charge in [-0.3, -0.25) is 4.79 Å². The molecule has 0 N–H and O–H groups in total. The van der Waals surface area contributed by atoms with E-state index >= 15 is 0 Å². The Kier molecular flexibility index (Phi) is 1.85. The molecule has 3 aliphatic rings. The molecule has 2 bridgehead atoms. The lowest BCUT2D eigenvalue weighted by Gasteiger charge is -2.54. The van der Waals surface area contributed by atoms with E-state index in [-0.39, 0.29) is 5.41 Å². The summed E-state index contributed by atoms with van der Waals surface area (Å²) in [5, 5.41) is 0. The normalized spacial score (nSPS) is 48.1. The Labute approximate surface area is 99.0 Å². The molecule has 3 fully saturated rings. The molecule has 90 valence electrons. The number of hydrogen-bond acceptors (Lipinski definition) is 1. The van der Waals surface area contributed by atoms with E-state index in [1.54, 1.807) is 0 Å². The fourth-order valence-electron chi connectivity index (χ4n) is 5.48. The van der Waals surface area contributed by atoms with Crippen LogP contribution < -0.4 is 0 Å². The first-order valence-corrected chi connectivity index (χ1v) is 6.84. The van der Waals surface area contributed by atoms with E-state index in [2.05, 4.69) is 27.7 Å². The molecule has 0 saturated heterocycles. The van der Waals surface area contributed by atoms with E-state index in [1.165, 1.54) is 19.3 Å². The van der Waals surface area contributed by atoms with Crippen LogP contribution >= 0.6 is 0 Å². The summed E-state index contributed by atoms with van der Waals surface area (Å²) in [7, 11) is 0. The summed E-state index contributed by atoms with van der Waals surface area (Å²) in [6.07, 6.45) is 5.94. The van der Waals surface area contributed by atoms with Crippen molar-refractivity contribution in [1.29, 1.82) is 0 Å². The van der Waals surface area contributed by atoms with Crippen LogP contribution in [0.5, 0.6) is 0 Å². The summed E-state index contributed by atoms with van der Waals surface area (Å²) >= 11 is 0. The van der Waals surface area contributed by atoms with Gasteiger partial charge in [0.2, 0.25) is 0 Å². The zero-order valence-corrected chi connectivity index (χ0v) is 11.1. The van der Waals surface area contributed by atoms with Crippen LogP contribution in [0.3, 0.4) is 0 Å². The van der Waals surface area contributed by atoms with E-state index in [0.717, 1.165) is 18.8 Å². The van der Waals surface area contributed by atoms with Gasteiger partial charge < -0.3 is 0 Å². The van der Waals surface area contributed by atoms with Gasteiger partial charge in [0.25, 0.3) is 0 Å². The third-order valence-corrected chi connectivity index (χ3v) is 6.56. The van der Waals surface area contributed by atoms with Gasteiger partial charge >= 0.3 is 0 Å². The van der Waals surface area contributed by atoms with Gasteiger partial charge in [-0.15, -0.1) is 0 Å². The molecule has 3 aliphatic carbocycles. The first-order valence-electron chi connectivity index (χ1n) is 6.84. The van der Waals surface area contributed by atoms with Crippen molar-refractivity contribution in [3.63, 3.8) is 0 Å². The lowest BCUT2D eigenvalue weighted by Crippen LogP contribution is -2.52. The smallest absolute Gasteiger partial charge is 0.137 e. The second kappa shape index (κ2) is 2.73. The summed E-state index contributed by atoms with van der Waals surface area (Å²) in [6, 6.07) is 0. The molecule has 3 atom stereocenters.